The van der Waals surface area contributed by atoms with Crippen LogP contribution >= 0.6 is 23.1 Å². The van der Waals surface area contributed by atoms with E-state index in [1.807, 2.05) is 25.3 Å². The molecule has 1 amide bonds. The maximum Gasteiger partial charge on any atom is 0.236 e. The molecule has 8 nitrogen and oxygen atoms in total. The van der Waals surface area contributed by atoms with Gasteiger partial charge in [-0.1, -0.05) is 50.8 Å². The lowest BCUT2D eigenvalue weighted by atomic mass is 10.2. The predicted octanol–water partition coefficient (Wildman–Crippen LogP) is 4.92. The highest BCUT2D eigenvalue weighted by atomic mass is 32.2. The molecule has 3 aromatic rings. The SMILES string of the molecule is CC(C)Cn1c(SCC(=O)Nc2nnc(C(C)C)s2)nnc1C(C)Oc1ccc(F)cc1. The number of hydrogen-bond acceptors (Lipinski definition) is 8. The topological polar surface area (TPSA) is 94.8 Å². The molecule has 172 valence electrons. The summed E-state index contributed by atoms with van der Waals surface area (Å²) in [6.45, 7) is 10.8. The summed E-state index contributed by atoms with van der Waals surface area (Å²) < 4.78 is 21.1. The average molecular weight is 479 g/mol. The number of anilines is 1. The molecular weight excluding hydrogens is 451 g/mol. The molecule has 0 aliphatic rings. The molecule has 2 aromatic heterocycles. The zero-order chi connectivity index (χ0) is 23.3. The summed E-state index contributed by atoms with van der Waals surface area (Å²) in [5.74, 6) is 1.46. The van der Waals surface area contributed by atoms with Gasteiger partial charge in [0.15, 0.2) is 17.1 Å². The molecule has 11 heteroatoms. The van der Waals surface area contributed by atoms with Crippen LogP contribution in [-0.2, 0) is 11.3 Å². The molecular formula is C21H27FN6O2S2. The second kappa shape index (κ2) is 10.9. The number of carbonyl (C=O) groups excluding carboxylic acids is 1. The number of hydrogen-bond donors (Lipinski definition) is 1. The lowest BCUT2D eigenvalue weighted by Crippen LogP contribution is -2.17. The van der Waals surface area contributed by atoms with Crippen molar-refractivity contribution in [2.75, 3.05) is 11.1 Å². The number of carbonyl (C=O) groups is 1. The average Bonchev–Trinajstić information content (AvgIpc) is 3.35. The van der Waals surface area contributed by atoms with Crippen molar-refractivity contribution >= 4 is 34.1 Å². The van der Waals surface area contributed by atoms with Gasteiger partial charge in [-0.2, -0.15) is 0 Å². The van der Waals surface area contributed by atoms with E-state index in [9.17, 15) is 9.18 Å². The van der Waals surface area contributed by atoms with E-state index in [-0.39, 0.29) is 23.4 Å². The van der Waals surface area contributed by atoms with E-state index >= 15 is 0 Å². The first-order chi connectivity index (χ1) is 15.2. The summed E-state index contributed by atoms with van der Waals surface area (Å²) in [7, 11) is 0. The van der Waals surface area contributed by atoms with E-state index < -0.39 is 6.10 Å². The van der Waals surface area contributed by atoms with Gasteiger partial charge in [0.1, 0.15) is 16.6 Å². The number of halogens is 1. The minimum absolute atomic E-state index is 0.167. The van der Waals surface area contributed by atoms with E-state index in [0.717, 1.165) is 5.01 Å². The molecule has 0 fully saturated rings. The molecule has 0 spiro atoms. The van der Waals surface area contributed by atoms with E-state index in [0.29, 0.717) is 34.3 Å². The molecule has 1 unspecified atom stereocenters. The Morgan fingerprint density at radius 2 is 1.84 bits per heavy atom. The van der Waals surface area contributed by atoms with E-state index in [1.54, 1.807) is 12.1 Å². The van der Waals surface area contributed by atoms with Crippen LogP contribution in [0.3, 0.4) is 0 Å². The molecule has 0 bridgehead atoms. The number of aromatic nitrogens is 5. The Morgan fingerprint density at radius 3 is 2.47 bits per heavy atom. The van der Waals surface area contributed by atoms with Crippen LogP contribution in [0.1, 0.15) is 57.5 Å². The third-order valence-corrected chi connectivity index (χ3v) is 6.40. The van der Waals surface area contributed by atoms with Crippen molar-refractivity contribution in [1.82, 2.24) is 25.0 Å². The summed E-state index contributed by atoms with van der Waals surface area (Å²) in [5.41, 5.74) is 0. The fourth-order valence-electron chi connectivity index (χ4n) is 2.82. The van der Waals surface area contributed by atoms with Gasteiger partial charge >= 0.3 is 0 Å². The van der Waals surface area contributed by atoms with Crippen molar-refractivity contribution < 1.29 is 13.9 Å². The number of nitrogens with one attached hydrogen (secondary N) is 1. The van der Waals surface area contributed by atoms with Gasteiger partial charge in [0.25, 0.3) is 0 Å². The van der Waals surface area contributed by atoms with Crippen LogP contribution in [0.4, 0.5) is 9.52 Å². The van der Waals surface area contributed by atoms with Crippen molar-refractivity contribution in [3.63, 3.8) is 0 Å². The van der Waals surface area contributed by atoms with E-state index in [4.69, 9.17) is 4.74 Å². The molecule has 0 saturated carbocycles. The Labute approximate surface area is 195 Å². The third kappa shape index (κ3) is 6.49. The van der Waals surface area contributed by atoms with Gasteiger partial charge in [0.05, 0.1) is 5.75 Å². The summed E-state index contributed by atoms with van der Waals surface area (Å²) in [6.07, 6.45) is -0.397. The first-order valence-electron chi connectivity index (χ1n) is 10.3. The second-order valence-corrected chi connectivity index (χ2v) is 9.95. The highest BCUT2D eigenvalue weighted by Gasteiger charge is 2.21. The van der Waals surface area contributed by atoms with Crippen molar-refractivity contribution in [3.8, 4) is 5.75 Å². The van der Waals surface area contributed by atoms with Crippen LogP contribution in [0.2, 0.25) is 0 Å². The van der Waals surface area contributed by atoms with Gasteiger partial charge in [-0.05, 0) is 37.1 Å². The number of ether oxygens (including phenoxy) is 1. The highest BCUT2D eigenvalue weighted by Crippen LogP contribution is 2.26. The number of thioether (sulfide) groups is 1. The van der Waals surface area contributed by atoms with E-state index in [1.165, 1.54) is 35.2 Å². The van der Waals surface area contributed by atoms with Crippen LogP contribution in [0.5, 0.6) is 5.75 Å². The molecule has 0 aliphatic carbocycles. The van der Waals surface area contributed by atoms with E-state index in [2.05, 4.69) is 39.6 Å². The Hall–Kier alpha value is -2.53. The smallest absolute Gasteiger partial charge is 0.236 e. The fraction of sp³-hybridized carbons (Fsp3) is 0.476. The van der Waals surface area contributed by atoms with Crippen molar-refractivity contribution in [2.24, 2.45) is 5.92 Å². The van der Waals surface area contributed by atoms with Gasteiger partial charge in [-0.25, -0.2) is 4.39 Å². The Bertz CT molecular complexity index is 1040. The summed E-state index contributed by atoms with van der Waals surface area (Å²) in [5, 5.41) is 21.5. The lowest BCUT2D eigenvalue weighted by Gasteiger charge is -2.17. The van der Waals surface area contributed by atoms with Crippen LogP contribution in [-0.4, -0.2) is 36.6 Å². The molecule has 0 radical (unpaired) electrons. The maximum absolute atomic E-state index is 13.2. The van der Waals surface area contributed by atoms with Crippen molar-refractivity contribution in [2.45, 2.75) is 58.3 Å². The predicted molar refractivity (Wildman–Crippen MR) is 124 cm³/mol. The van der Waals surface area contributed by atoms with Crippen LogP contribution < -0.4 is 10.1 Å². The Kier molecular flexibility index (Phi) is 8.19. The van der Waals surface area contributed by atoms with Gasteiger partial charge in [-0.15, -0.1) is 20.4 Å². The summed E-state index contributed by atoms with van der Waals surface area (Å²) in [6, 6.07) is 5.85. The molecule has 1 aromatic carbocycles. The van der Waals surface area contributed by atoms with Gasteiger partial charge in [0, 0.05) is 12.5 Å². The monoisotopic (exact) mass is 478 g/mol. The largest absolute Gasteiger partial charge is 0.483 e. The van der Waals surface area contributed by atoms with Gasteiger partial charge in [-0.3, -0.25) is 10.1 Å². The van der Waals surface area contributed by atoms with Crippen molar-refractivity contribution in [1.29, 1.82) is 0 Å². The molecule has 1 atom stereocenters. The molecule has 0 saturated heterocycles. The number of benzene rings is 1. The maximum atomic E-state index is 13.2. The second-order valence-electron chi connectivity index (χ2n) is 8.00. The van der Waals surface area contributed by atoms with Gasteiger partial charge < -0.3 is 9.30 Å². The first-order valence-corrected chi connectivity index (χ1v) is 12.1. The normalized spacial score (nSPS) is 12.4. The number of rotatable bonds is 10. The zero-order valence-electron chi connectivity index (χ0n) is 18.7. The van der Waals surface area contributed by atoms with Gasteiger partial charge in [0.2, 0.25) is 11.0 Å². The molecule has 3 rings (SSSR count). The van der Waals surface area contributed by atoms with Crippen LogP contribution in [0.15, 0.2) is 29.4 Å². The van der Waals surface area contributed by atoms with Crippen LogP contribution in [0, 0.1) is 11.7 Å². The Morgan fingerprint density at radius 1 is 1.12 bits per heavy atom. The first kappa shape index (κ1) is 24.1. The summed E-state index contributed by atoms with van der Waals surface area (Å²) >= 11 is 2.68. The Balaban J connectivity index is 1.67. The third-order valence-electron chi connectivity index (χ3n) is 4.30. The minimum Gasteiger partial charge on any atom is -0.483 e. The van der Waals surface area contributed by atoms with Crippen LogP contribution in [0.25, 0.3) is 0 Å². The zero-order valence-corrected chi connectivity index (χ0v) is 20.3. The standard InChI is InChI=1S/C21H27FN6O2S2/c1-12(2)10-28-18(14(5)30-16-8-6-15(22)7-9-16)24-27-21(28)31-11-17(29)23-20-26-25-19(32-20)13(3)4/h6-9,12-14H,10-11H2,1-5H3,(H,23,26,29). The molecule has 0 aliphatic heterocycles. The van der Waals surface area contributed by atoms with Crippen molar-refractivity contribution in [3.05, 3.63) is 40.9 Å². The molecule has 1 N–H and O–H groups in total. The molecule has 32 heavy (non-hydrogen) atoms. The summed E-state index contributed by atoms with van der Waals surface area (Å²) in [4.78, 5) is 12.4. The highest BCUT2D eigenvalue weighted by molar-refractivity contribution is 7.99. The minimum atomic E-state index is -0.397. The number of amides is 1. The molecule has 2 heterocycles. The fourth-order valence-corrected chi connectivity index (χ4v) is 4.33. The quantitative estimate of drug-likeness (QED) is 0.413. The lowest BCUT2D eigenvalue weighted by molar-refractivity contribution is -0.113. The number of nitrogens with zero attached hydrogens (tertiary/aromatic N) is 5.